The standard InChI is InChI=1S/C16H22BrN3O6.C13H17N3O5/c1-15(2,3)25-13(22)20(14(23)26-16(4,5)6)11-10(12(21)24-7)19-9(17)8-18-11;1-7(17)8-6-14-10(9(15-8)11(18)20-5)16-12(19)21-13(2,3)4/h8H,1-7H3;6H,1-5H3,(H,14,16,19). The van der Waals surface area contributed by atoms with Crippen molar-refractivity contribution in [1.29, 1.82) is 0 Å². The molecule has 2 rings (SSSR count). The van der Waals surface area contributed by atoms with E-state index in [9.17, 15) is 28.8 Å². The van der Waals surface area contributed by atoms with Crippen LogP contribution in [0.4, 0.5) is 26.0 Å². The summed E-state index contributed by atoms with van der Waals surface area (Å²) < 4.78 is 25.0. The molecule has 1 N–H and O–H groups in total. The molecule has 0 fully saturated rings. The molecule has 0 aliphatic heterocycles. The number of ketones is 1. The highest BCUT2D eigenvalue weighted by Gasteiger charge is 2.37. The van der Waals surface area contributed by atoms with Gasteiger partial charge in [-0.05, 0) is 78.2 Å². The highest BCUT2D eigenvalue weighted by atomic mass is 79.9. The number of amides is 3. The molecule has 47 heavy (non-hydrogen) atoms. The van der Waals surface area contributed by atoms with E-state index in [-0.39, 0.29) is 39.1 Å². The van der Waals surface area contributed by atoms with Gasteiger partial charge >= 0.3 is 30.2 Å². The van der Waals surface area contributed by atoms with E-state index in [1.165, 1.54) is 13.1 Å². The zero-order chi connectivity index (χ0) is 36.5. The summed E-state index contributed by atoms with van der Waals surface area (Å²) >= 11 is 3.08. The van der Waals surface area contributed by atoms with Crippen LogP contribution < -0.4 is 10.2 Å². The number of aromatic nitrogens is 4. The second kappa shape index (κ2) is 16.2. The minimum atomic E-state index is -1.06. The zero-order valence-electron chi connectivity index (χ0n) is 28.3. The maximum absolute atomic E-state index is 12.6. The smallest absolute Gasteiger partial charge is 0.425 e. The molecule has 0 aliphatic rings. The summed E-state index contributed by atoms with van der Waals surface area (Å²) in [5, 5.41) is 2.30. The fourth-order valence-electron chi connectivity index (χ4n) is 2.91. The van der Waals surface area contributed by atoms with E-state index in [0.717, 1.165) is 20.4 Å². The second-order valence-electron chi connectivity index (χ2n) is 12.3. The number of imide groups is 1. The first-order valence-corrected chi connectivity index (χ1v) is 14.5. The fraction of sp³-hybridized carbons (Fsp3) is 0.517. The third kappa shape index (κ3) is 13.6. The van der Waals surface area contributed by atoms with E-state index in [1.807, 2.05) is 0 Å². The van der Waals surface area contributed by atoms with Gasteiger partial charge in [0, 0.05) is 6.92 Å². The molecule has 0 saturated heterocycles. The van der Waals surface area contributed by atoms with Crippen molar-refractivity contribution in [3.63, 3.8) is 0 Å². The molecule has 258 valence electrons. The van der Waals surface area contributed by atoms with Crippen LogP contribution in [0.15, 0.2) is 17.0 Å². The first kappa shape index (κ1) is 40.3. The van der Waals surface area contributed by atoms with Crippen molar-refractivity contribution in [2.75, 3.05) is 24.4 Å². The normalized spacial score (nSPS) is 11.2. The average Bonchev–Trinajstić information content (AvgIpc) is 2.90. The Morgan fingerprint density at radius 1 is 0.702 bits per heavy atom. The van der Waals surface area contributed by atoms with Crippen molar-refractivity contribution in [1.82, 2.24) is 19.9 Å². The molecule has 2 aromatic heterocycles. The van der Waals surface area contributed by atoms with Gasteiger partial charge < -0.3 is 23.7 Å². The van der Waals surface area contributed by atoms with Crippen molar-refractivity contribution in [2.24, 2.45) is 0 Å². The number of rotatable bonds is 5. The minimum Gasteiger partial charge on any atom is -0.464 e. The SMILES string of the molecule is COC(=O)c1nc(Br)cnc1N(C(=O)OC(C)(C)C)C(=O)OC(C)(C)C.COC(=O)c1nc(C(C)=O)cnc1NC(=O)OC(C)(C)C. The van der Waals surface area contributed by atoms with Gasteiger partial charge in [-0.25, -0.2) is 43.9 Å². The molecule has 0 aromatic carbocycles. The average molecular weight is 728 g/mol. The maximum atomic E-state index is 12.6. The van der Waals surface area contributed by atoms with E-state index < -0.39 is 47.0 Å². The lowest BCUT2D eigenvalue weighted by molar-refractivity contribution is 0.0425. The van der Waals surface area contributed by atoms with Crippen LogP contribution in [-0.2, 0) is 23.7 Å². The van der Waals surface area contributed by atoms with E-state index >= 15 is 0 Å². The van der Waals surface area contributed by atoms with Gasteiger partial charge in [-0.2, -0.15) is 4.90 Å². The molecular weight excluding hydrogens is 688 g/mol. The molecule has 2 aromatic rings. The van der Waals surface area contributed by atoms with Gasteiger partial charge in [0.15, 0.2) is 28.8 Å². The summed E-state index contributed by atoms with van der Waals surface area (Å²) in [4.78, 5) is 87.9. The Balaban J connectivity index is 0.000000481. The summed E-state index contributed by atoms with van der Waals surface area (Å²) in [6.45, 7) is 16.2. The number of carbonyl (C=O) groups is 6. The number of anilines is 2. The molecule has 0 bridgehead atoms. The molecule has 0 aliphatic carbocycles. The van der Waals surface area contributed by atoms with Gasteiger partial charge in [0.05, 0.1) is 26.6 Å². The Labute approximate surface area is 280 Å². The molecule has 0 radical (unpaired) electrons. The number of nitrogens with zero attached hydrogens (tertiary/aromatic N) is 5. The number of hydrogen-bond acceptors (Lipinski definition) is 15. The predicted octanol–water partition coefficient (Wildman–Crippen LogP) is 5.52. The van der Waals surface area contributed by atoms with Crippen LogP contribution in [0, 0.1) is 0 Å². The molecule has 0 unspecified atom stereocenters. The van der Waals surface area contributed by atoms with Crippen LogP contribution >= 0.6 is 15.9 Å². The number of nitrogens with one attached hydrogen (secondary N) is 1. The minimum absolute atomic E-state index is 0.00913. The summed E-state index contributed by atoms with van der Waals surface area (Å²) in [7, 11) is 2.29. The van der Waals surface area contributed by atoms with Gasteiger partial charge in [0.1, 0.15) is 27.1 Å². The molecule has 3 amide bonds. The van der Waals surface area contributed by atoms with Gasteiger partial charge in [-0.1, -0.05) is 0 Å². The number of ether oxygens (including phenoxy) is 5. The van der Waals surface area contributed by atoms with Crippen molar-refractivity contribution in [2.45, 2.75) is 86.0 Å². The first-order valence-electron chi connectivity index (χ1n) is 13.7. The van der Waals surface area contributed by atoms with Gasteiger partial charge in [-0.3, -0.25) is 10.1 Å². The van der Waals surface area contributed by atoms with Gasteiger partial charge in [-0.15, -0.1) is 0 Å². The lowest BCUT2D eigenvalue weighted by Crippen LogP contribution is -2.45. The summed E-state index contributed by atoms with van der Waals surface area (Å²) in [6, 6.07) is 0. The first-order chi connectivity index (χ1) is 21.4. The van der Waals surface area contributed by atoms with Crippen LogP contribution in [0.3, 0.4) is 0 Å². The number of carbonyl (C=O) groups excluding carboxylic acids is 6. The van der Waals surface area contributed by atoms with Crippen LogP contribution in [0.25, 0.3) is 0 Å². The van der Waals surface area contributed by atoms with Crippen molar-refractivity contribution >= 4 is 63.6 Å². The molecular formula is C29H39BrN6O11. The number of esters is 2. The lowest BCUT2D eigenvalue weighted by Gasteiger charge is -2.28. The van der Waals surface area contributed by atoms with E-state index in [0.29, 0.717) is 4.90 Å². The van der Waals surface area contributed by atoms with E-state index in [4.69, 9.17) is 14.2 Å². The third-order valence-corrected chi connectivity index (χ3v) is 4.98. The van der Waals surface area contributed by atoms with Crippen LogP contribution in [0.1, 0.15) is 101 Å². The van der Waals surface area contributed by atoms with Crippen molar-refractivity contribution in [3.8, 4) is 0 Å². The van der Waals surface area contributed by atoms with Crippen molar-refractivity contribution < 1.29 is 52.5 Å². The Morgan fingerprint density at radius 3 is 1.60 bits per heavy atom. The van der Waals surface area contributed by atoms with Gasteiger partial charge in [0.25, 0.3) is 0 Å². The highest BCUT2D eigenvalue weighted by Crippen LogP contribution is 2.24. The second-order valence-corrected chi connectivity index (χ2v) is 13.1. The third-order valence-electron chi connectivity index (χ3n) is 4.60. The number of Topliss-reactive ketones (excluding diaryl/α,β-unsaturated/α-hetero) is 1. The van der Waals surface area contributed by atoms with Crippen LogP contribution in [-0.4, -0.2) is 87.0 Å². The highest BCUT2D eigenvalue weighted by molar-refractivity contribution is 9.10. The Kier molecular flexibility index (Phi) is 13.9. The van der Waals surface area contributed by atoms with Gasteiger partial charge in [0.2, 0.25) is 0 Å². The Bertz CT molecular complexity index is 1480. The Hall–Kier alpha value is -4.74. The van der Waals surface area contributed by atoms with E-state index in [2.05, 4.69) is 50.7 Å². The molecule has 0 atom stereocenters. The quantitative estimate of drug-likeness (QED) is 0.228. The summed E-state index contributed by atoms with van der Waals surface area (Å²) in [5.41, 5.74) is -3.13. The number of hydrogen-bond donors (Lipinski definition) is 1. The molecule has 18 heteroatoms. The summed E-state index contributed by atoms with van der Waals surface area (Å²) in [5.74, 6) is -2.57. The molecule has 0 spiro atoms. The molecule has 17 nitrogen and oxygen atoms in total. The molecule has 2 heterocycles. The number of halogens is 1. The monoisotopic (exact) mass is 726 g/mol. The Morgan fingerprint density at radius 2 is 1.17 bits per heavy atom. The zero-order valence-corrected chi connectivity index (χ0v) is 29.8. The number of methoxy groups -OCH3 is 2. The molecule has 0 saturated carbocycles. The largest absolute Gasteiger partial charge is 0.464 e. The van der Waals surface area contributed by atoms with Crippen molar-refractivity contribution in [3.05, 3.63) is 34.1 Å². The lowest BCUT2D eigenvalue weighted by atomic mass is 10.2. The maximum Gasteiger partial charge on any atom is 0.425 e. The van der Waals surface area contributed by atoms with Crippen LogP contribution in [0.2, 0.25) is 0 Å². The predicted molar refractivity (Wildman–Crippen MR) is 169 cm³/mol. The van der Waals surface area contributed by atoms with Crippen LogP contribution in [0.5, 0.6) is 0 Å². The van der Waals surface area contributed by atoms with E-state index in [1.54, 1.807) is 62.3 Å². The summed E-state index contributed by atoms with van der Waals surface area (Å²) in [6.07, 6.45) is -0.537. The topological polar surface area (TPSA) is 215 Å². The fourth-order valence-corrected chi connectivity index (χ4v) is 3.19.